The number of hydrogen-bond donors (Lipinski definition) is 2. The van der Waals surface area contributed by atoms with Gasteiger partial charge in [0.25, 0.3) is 0 Å². The highest BCUT2D eigenvalue weighted by Gasteiger charge is 1.84. The third-order valence-electron chi connectivity index (χ3n) is 0. The Morgan fingerprint density at radius 2 is 1.00 bits per heavy atom. The lowest BCUT2D eigenvalue weighted by Gasteiger charge is -2.17. The minimum absolute atomic E-state index is 0. The maximum Gasteiger partial charge on any atom is -0.0809 e. The molecule has 0 saturated heterocycles. The Morgan fingerprint density at radius 3 is 1.00 bits per heavy atom. The zero-order valence-electron chi connectivity index (χ0n) is 6.13. The molecule has 0 amide bonds. The minimum atomic E-state index is -4.94. The number of rotatable bonds is 0. The molecule has 0 unspecified atom stereocenters. The van der Waals surface area contributed by atoms with E-state index in [0.717, 1.165) is 0 Å². The molecule has 0 aliphatic carbocycles. The second kappa shape index (κ2) is 11.8. The van der Waals surface area contributed by atoms with Crippen molar-refractivity contribution in [2.75, 3.05) is 6.61 Å². The highest BCUT2D eigenvalue weighted by molar-refractivity contribution is 3.79. The molecule has 0 heterocycles. The Hall–Kier alpha value is 0.01000. The molecule has 0 aromatic rings. The summed E-state index contributed by atoms with van der Waals surface area (Å²) in [5, 5.41) is 8.93. The molecule has 0 bridgehead atoms. The first-order chi connectivity index (χ1) is 3.41. The molecule has 0 aromatic heterocycles. The van der Waals surface area contributed by atoms with Gasteiger partial charge in [-0.2, -0.15) is 0 Å². The average Bonchev–Trinajstić information content (AvgIpc) is 1.27. The smallest absolute Gasteiger partial charge is 0.0809 e. The van der Waals surface area contributed by atoms with Gasteiger partial charge in [0, 0.05) is 0 Å². The lowest BCUT2D eigenvalue weighted by atomic mass is 10.9. The van der Waals surface area contributed by atoms with E-state index < -0.39 is 10.2 Å². The fraction of sp³-hybridized carbons (Fsp3) is 1.00. The molecule has 7 nitrogen and oxygen atoms in total. The molecule has 0 aliphatic rings. The molecule has 0 atom stereocenters. The van der Waals surface area contributed by atoms with Crippen molar-refractivity contribution >= 4 is 0 Å². The van der Waals surface area contributed by atoms with Crippen molar-refractivity contribution in [3.63, 3.8) is 0 Å². The van der Waals surface area contributed by atoms with Crippen molar-refractivity contribution in [3.05, 3.63) is 0 Å². The SMILES string of the molecule is CC[O-].[NH4+].[NH4+].[O-][Cl+3]([O-])([O-])[O-]. The number of quaternary nitrogens is 2. The van der Waals surface area contributed by atoms with E-state index in [-0.39, 0.29) is 18.9 Å². The third kappa shape index (κ3) is 3940000. The molecule has 68 valence electrons. The largest absolute Gasteiger partial charge is 0.855 e. The fourth-order valence-electron chi connectivity index (χ4n) is 0. The first-order valence-electron chi connectivity index (χ1n) is 1.61. The van der Waals surface area contributed by atoms with Gasteiger partial charge in [0.15, 0.2) is 0 Å². The summed E-state index contributed by atoms with van der Waals surface area (Å²) >= 11 is 0. The van der Waals surface area contributed by atoms with Crippen molar-refractivity contribution in [1.82, 2.24) is 12.3 Å². The van der Waals surface area contributed by atoms with Crippen molar-refractivity contribution in [3.8, 4) is 0 Å². The summed E-state index contributed by atoms with van der Waals surface area (Å²) in [6.45, 7) is 1.57. The molecule has 10 heavy (non-hydrogen) atoms. The Morgan fingerprint density at radius 1 is 1.00 bits per heavy atom. The minimum Gasteiger partial charge on any atom is -0.855 e. The second-order valence-electron chi connectivity index (χ2n) is 0.667. The van der Waals surface area contributed by atoms with Gasteiger partial charge in [0.2, 0.25) is 0 Å². The van der Waals surface area contributed by atoms with Crippen LogP contribution in [0, 0.1) is 10.2 Å². The van der Waals surface area contributed by atoms with Gasteiger partial charge in [-0.3, -0.25) is 0 Å². The van der Waals surface area contributed by atoms with Gasteiger partial charge in [-0.05, 0) is 0 Å². The summed E-state index contributed by atoms with van der Waals surface area (Å²) in [6.07, 6.45) is 0. The van der Waals surface area contributed by atoms with E-state index in [0.29, 0.717) is 0 Å². The zero-order valence-corrected chi connectivity index (χ0v) is 6.88. The normalized spacial score (nSPS) is 7.80. The summed E-state index contributed by atoms with van der Waals surface area (Å²) in [4.78, 5) is 0. The summed E-state index contributed by atoms with van der Waals surface area (Å²) < 4.78 is 34.0. The predicted octanol–water partition coefficient (Wildman–Crippen LogP) is -4.64. The second-order valence-corrected chi connectivity index (χ2v) is 1.42. The quantitative estimate of drug-likeness (QED) is 0.378. The predicted molar refractivity (Wildman–Crippen MR) is 22.5 cm³/mol. The Bertz CT molecular complexity index is 41.4. The maximum absolute atomic E-state index is 8.93. The molecule has 0 rings (SSSR count). The first kappa shape index (κ1) is 22.5. The maximum atomic E-state index is 8.93. The Balaban J connectivity index is -0.0000000326. The van der Waals surface area contributed by atoms with Crippen LogP contribution >= 0.6 is 0 Å². The van der Waals surface area contributed by atoms with Crippen molar-refractivity contribution in [2.24, 2.45) is 0 Å². The van der Waals surface area contributed by atoms with Gasteiger partial charge >= 0.3 is 0 Å². The summed E-state index contributed by atoms with van der Waals surface area (Å²) in [5.41, 5.74) is 0. The lowest BCUT2D eigenvalue weighted by molar-refractivity contribution is -2.00. The van der Waals surface area contributed by atoms with Crippen molar-refractivity contribution < 1.29 is 34.0 Å². The molecule has 8 heteroatoms. The highest BCUT2D eigenvalue weighted by Crippen LogP contribution is 1.49. The van der Waals surface area contributed by atoms with Crippen LogP contribution in [0.1, 0.15) is 6.92 Å². The summed E-state index contributed by atoms with van der Waals surface area (Å²) in [6, 6.07) is 0. The lowest BCUT2D eigenvalue weighted by Crippen LogP contribution is -2.68. The number of halogens is 1. The topological polar surface area (TPSA) is 188 Å². The van der Waals surface area contributed by atoms with Gasteiger partial charge in [0.05, 0.1) is 0 Å². The van der Waals surface area contributed by atoms with Crippen LogP contribution in [0.2, 0.25) is 0 Å². The number of hydrogen-bond acceptors (Lipinski definition) is 5. The van der Waals surface area contributed by atoms with E-state index in [1.54, 1.807) is 6.92 Å². The van der Waals surface area contributed by atoms with Gasteiger partial charge in [-0.1, -0.05) is 6.92 Å². The van der Waals surface area contributed by atoms with Crippen molar-refractivity contribution in [1.29, 1.82) is 0 Å². The fourth-order valence-corrected chi connectivity index (χ4v) is 0. The van der Waals surface area contributed by atoms with E-state index in [4.69, 9.17) is 23.7 Å². The summed E-state index contributed by atoms with van der Waals surface area (Å²) in [5.74, 6) is 0. The van der Waals surface area contributed by atoms with Gasteiger partial charge in [-0.15, -0.1) is 16.9 Å². The van der Waals surface area contributed by atoms with Gasteiger partial charge in [-0.25, -0.2) is 18.6 Å². The van der Waals surface area contributed by atoms with Crippen LogP contribution < -0.4 is 36.0 Å². The van der Waals surface area contributed by atoms with E-state index in [2.05, 4.69) is 0 Å². The Kier molecular flexibility index (Phi) is 26.5. The van der Waals surface area contributed by atoms with Crippen LogP contribution in [0.4, 0.5) is 0 Å². The zero-order chi connectivity index (χ0) is 7.21. The standard InChI is InChI=1S/C2H5O.ClHO4.2H3N/c1-2-3;2-1(3,4)5;;/h2H2,1H3;(H,2,3,4,5);2*1H3/q-1;;;/p+1. The van der Waals surface area contributed by atoms with Gasteiger partial charge in [0.1, 0.15) is 0 Å². The first-order valence-corrected chi connectivity index (χ1v) is 2.85. The van der Waals surface area contributed by atoms with E-state index in [9.17, 15) is 0 Å². The molecular formula is C2H13ClN2O5. The van der Waals surface area contributed by atoms with E-state index >= 15 is 0 Å². The molecule has 0 aromatic carbocycles. The van der Waals surface area contributed by atoms with E-state index in [1.807, 2.05) is 0 Å². The molecule has 0 radical (unpaired) electrons. The third-order valence-corrected chi connectivity index (χ3v) is 0. The molecule has 0 aliphatic heterocycles. The van der Waals surface area contributed by atoms with Crippen LogP contribution in [-0.2, 0) is 0 Å². The van der Waals surface area contributed by atoms with Crippen LogP contribution in [0.5, 0.6) is 0 Å². The molecule has 8 N–H and O–H groups in total. The monoisotopic (exact) mass is 180 g/mol. The van der Waals surface area contributed by atoms with Crippen LogP contribution in [0.3, 0.4) is 0 Å². The van der Waals surface area contributed by atoms with Crippen LogP contribution in [0.15, 0.2) is 0 Å². The van der Waals surface area contributed by atoms with Crippen LogP contribution in [-0.4, -0.2) is 6.61 Å². The van der Waals surface area contributed by atoms with Gasteiger partial charge < -0.3 is 17.4 Å². The average molecular weight is 181 g/mol. The van der Waals surface area contributed by atoms with Crippen molar-refractivity contribution in [2.45, 2.75) is 6.92 Å². The van der Waals surface area contributed by atoms with Crippen LogP contribution in [0.25, 0.3) is 0 Å². The van der Waals surface area contributed by atoms with E-state index in [1.165, 1.54) is 0 Å². The Labute approximate surface area is 60.8 Å². The molecule has 0 saturated carbocycles. The molecular weight excluding hydrogens is 167 g/mol. The summed E-state index contributed by atoms with van der Waals surface area (Å²) in [7, 11) is -4.94. The highest BCUT2D eigenvalue weighted by atomic mass is 35.7. The molecule has 0 fully saturated rings. The molecule has 0 spiro atoms.